The minimum Gasteiger partial charge on any atom is -0.385 e. The standard InChI is InChI=1S/C19H25N5O/c1-12(25)19-23-16-11-22-15-3-2-10-21-17(15)18(16)24(19)14-6-4-13(5-7-14)8-9-20/h2-3,10-14,25H,4-9,20H2,1H3/t12-,13?,14?/m1/s1. The molecule has 3 aromatic rings. The monoisotopic (exact) mass is 339 g/mol. The van der Waals surface area contributed by atoms with Gasteiger partial charge in [0.05, 0.1) is 17.2 Å². The highest BCUT2D eigenvalue weighted by molar-refractivity contribution is 5.99. The fraction of sp³-hybridized carbons (Fsp3) is 0.526. The highest BCUT2D eigenvalue weighted by Gasteiger charge is 2.27. The number of imidazole rings is 1. The predicted octanol–water partition coefficient (Wildman–Crippen LogP) is 3.11. The normalized spacial score (nSPS) is 22.5. The van der Waals surface area contributed by atoms with Gasteiger partial charge in [-0.25, -0.2) is 4.98 Å². The first-order valence-electron chi connectivity index (χ1n) is 9.18. The summed E-state index contributed by atoms with van der Waals surface area (Å²) < 4.78 is 2.23. The minimum absolute atomic E-state index is 0.344. The molecule has 1 atom stereocenters. The van der Waals surface area contributed by atoms with Crippen LogP contribution >= 0.6 is 0 Å². The van der Waals surface area contributed by atoms with Crippen LogP contribution in [0.15, 0.2) is 24.5 Å². The molecular formula is C19H25N5O. The SMILES string of the molecule is C[C@@H](O)c1nc2cnc3cccnc3c2n1C1CCC(CCN)CC1. The molecule has 0 aliphatic heterocycles. The Labute approximate surface area is 147 Å². The molecule has 4 rings (SSSR count). The molecule has 0 saturated heterocycles. The van der Waals surface area contributed by atoms with E-state index in [1.807, 2.05) is 12.1 Å². The predicted molar refractivity (Wildman–Crippen MR) is 98.1 cm³/mol. The molecule has 1 saturated carbocycles. The molecule has 0 radical (unpaired) electrons. The van der Waals surface area contributed by atoms with Crippen LogP contribution in [0.3, 0.4) is 0 Å². The van der Waals surface area contributed by atoms with Crippen molar-refractivity contribution in [1.29, 1.82) is 0 Å². The molecule has 3 N–H and O–H groups in total. The summed E-state index contributed by atoms with van der Waals surface area (Å²) in [5, 5.41) is 10.3. The van der Waals surface area contributed by atoms with E-state index in [4.69, 9.17) is 5.73 Å². The first kappa shape index (κ1) is 16.4. The van der Waals surface area contributed by atoms with Crippen LogP contribution in [0.5, 0.6) is 0 Å². The number of hydrogen-bond donors (Lipinski definition) is 2. The lowest BCUT2D eigenvalue weighted by Gasteiger charge is -2.31. The molecule has 6 heteroatoms. The minimum atomic E-state index is -0.618. The third-order valence-electron chi connectivity index (χ3n) is 5.43. The smallest absolute Gasteiger partial charge is 0.138 e. The van der Waals surface area contributed by atoms with Crippen molar-refractivity contribution >= 4 is 22.1 Å². The molecule has 3 heterocycles. The number of aliphatic hydroxyl groups is 1. The van der Waals surface area contributed by atoms with Crippen LogP contribution in [0.25, 0.3) is 22.1 Å². The van der Waals surface area contributed by atoms with E-state index >= 15 is 0 Å². The van der Waals surface area contributed by atoms with Crippen molar-refractivity contribution in [2.45, 2.75) is 51.2 Å². The number of hydrogen-bond acceptors (Lipinski definition) is 5. The maximum atomic E-state index is 10.3. The highest BCUT2D eigenvalue weighted by Crippen LogP contribution is 2.38. The van der Waals surface area contributed by atoms with Crippen LogP contribution < -0.4 is 5.73 Å². The Morgan fingerprint density at radius 1 is 1.24 bits per heavy atom. The van der Waals surface area contributed by atoms with Crippen molar-refractivity contribution in [1.82, 2.24) is 19.5 Å². The molecule has 0 bridgehead atoms. The van der Waals surface area contributed by atoms with Gasteiger partial charge < -0.3 is 15.4 Å². The molecule has 1 aliphatic carbocycles. The van der Waals surface area contributed by atoms with Crippen LogP contribution in [0.4, 0.5) is 0 Å². The molecule has 0 amide bonds. The lowest BCUT2D eigenvalue weighted by molar-refractivity contribution is 0.174. The second-order valence-electron chi connectivity index (χ2n) is 7.13. The largest absolute Gasteiger partial charge is 0.385 e. The number of pyridine rings is 2. The van der Waals surface area contributed by atoms with E-state index in [0.717, 1.165) is 59.6 Å². The van der Waals surface area contributed by atoms with Gasteiger partial charge in [0, 0.05) is 12.2 Å². The van der Waals surface area contributed by atoms with Crippen LogP contribution in [-0.2, 0) is 0 Å². The zero-order chi connectivity index (χ0) is 17.4. The second kappa shape index (κ2) is 6.69. The van der Waals surface area contributed by atoms with Gasteiger partial charge in [0.1, 0.15) is 23.0 Å². The number of aromatic nitrogens is 4. The average Bonchev–Trinajstić information content (AvgIpc) is 3.03. The molecule has 3 aromatic heterocycles. The molecule has 0 unspecified atom stereocenters. The van der Waals surface area contributed by atoms with Crippen molar-refractivity contribution in [3.8, 4) is 0 Å². The lowest BCUT2D eigenvalue weighted by atomic mass is 9.84. The van der Waals surface area contributed by atoms with Crippen molar-refractivity contribution in [2.24, 2.45) is 11.7 Å². The van der Waals surface area contributed by atoms with Gasteiger partial charge in [-0.2, -0.15) is 0 Å². The first-order chi connectivity index (χ1) is 12.2. The van der Waals surface area contributed by atoms with Gasteiger partial charge in [0.25, 0.3) is 0 Å². The van der Waals surface area contributed by atoms with Crippen molar-refractivity contribution in [3.05, 3.63) is 30.4 Å². The Kier molecular flexibility index (Phi) is 4.39. The first-order valence-corrected chi connectivity index (χ1v) is 9.18. The average molecular weight is 339 g/mol. The molecule has 1 fully saturated rings. The van der Waals surface area contributed by atoms with Gasteiger partial charge in [-0.3, -0.25) is 9.97 Å². The third kappa shape index (κ3) is 2.89. The zero-order valence-corrected chi connectivity index (χ0v) is 14.6. The van der Waals surface area contributed by atoms with E-state index < -0.39 is 6.10 Å². The summed E-state index contributed by atoms with van der Waals surface area (Å²) in [4.78, 5) is 13.7. The molecule has 0 spiro atoms. The Bertz CT molecular complexity index is 880. The summed E-state index contributed by atoms with van der Waals surface area (Å²) in [6.45, 7) is 2.54. The summed E-state index contributed by atoms with van der Waals surface area (Å²) in [6.07, 6.45) is 8.61. The van der Waals surface area contributed by atoms with Crippen LogP contribution in [0, 0.1) is 5.92 Å². The fourth-order valence-electron chi connectivity index (χ4n) is 4.20. The number of fused-ring (bicyclic) bond motifs is 3. The van der Waals surface area contributed by atoms with Gasteiger partial charge in [0.15, 0.2) is 0 Å². The molecule has 6 nitrogen and oxygen atoms in total. The summed E-state index contributed by atoms with van der Waals surface area (Å²) in [5.41, 5.74) is 9.27. The van der Waals surface area contributed by atoms with Gasteiger partial charge in [-0.15, -0.1) is 0 Å². The lowest BCUT2D eigenvalue weighted by Crippen LogP contribution is -2.22. The molecule has 132 valence electrons. The van der Waals surface area contributed by atoms with Gasteiger partial charge >= 0.3 is 0 Å². The van der Waals surface area contributed by atoms with E-state index in [1.54, 1.807) is 19.3 Å². The van der Waals surface area contributed by atoms with Crippen molar-refractivity contribution < 1.29 is 5.11 Å². The summed E-state index contributed by atoms with van der Waals surface area (Å²) in [5.74, 6) is 1.44. The van der Waals surface area contributed by atoms with Gasteiger partial charge in [-0.05, 0) is 63.6 Å². The Morgan fingerprint density at radius 2 is 2.04 bits per heavy atom. The van der Waals surface area contributed by atoms with E-state index in [0.29, 0.717) is 6.04 Å². The quantitative estimate of drug-likeness (QED) is 0.762. The Balaban J connectivity index is 1.83. The Hall–Kier alpha value is -2.05. The van der Waals surface area contributed by atoms with Crippen LogP contribution in [-0.4, -0.2) is 31.2 Å². The molecule has 0 aromatic carbocycles. The zero-order valence-electron chi connectivity index (χ0n) is 14.6. The number of aliphatic hydroxyl groups excluding tert-OH is 1. The molecule has 25 heavy (non-hydrogen) atoms. The van der Waals surface area contributed by atoms with E-state index in [9.17, 15) is 5.11 Å². The van der Waals surface area contributed by atoms with E-state index in [1.165, 1.54) is 12.8 Å². The van der Waals surface area contributed by atoms with Crippen molar-refractivity contribution in [3.63, 3.8) is 0 Å². The number of nitrogens with two attached hydrogens (primary N) is 1. The third-order valence-corrected chi connectivity index (χ3v) is 5.43. The topological polar surface area (TPSA) is 89.9 Å². The number of rotatable bonds is 4. The molecule has 1 aliphatic rings. The van der Waals surface area contributed by atoms with Gasteiger partial charge in [-0.1, -0.05) is 0 Å². The molecular weight excluding hydrogens is 314 g/mol. The van der Waals surface area contributed by atoms with Crippen molar-refractivity contribution in [2.75, 3.05) is 6.54 Å². The number of nitrogens with zero attached hydrogens (tertiary/aromatic N) is 4. The van der Waals surface area contributed by atoms with Gasteiger partial charge in [0.2, 0.25) is 0 Å². The summed E-state index contributed by atoms with van der Waals surface area (Å²) in [7, 11) is 0. The highest BCUT2D eigenvalue weighted by atomic mass is 16.3. The van der Waals surface area contributed by atoms with Crippen LogP contribution in [0.2, 0.25) is 0 Å². The van der Waals surface area contributed by atoms with E-state index in [2.05, 4.69) is 19.5 Å². The van der Waals surface area contributed by atoms with Crippen LogP contribution in [0.1, 0.15) is 57.0 Å². The maximum Gasteiger partial charge on any atom is 0.138 e. The van der Waals surface area contributed by atoms with E-state index in [-0.39, 0.29) is 0 Å². The fourth-order valence-corrected chi connectivity index (χ4v) is 4.20. The summed E-state index contributed by atoms with van der Waals surface area (Å²) >= 11 is 0. The Morgan fingerprint density at radius 3 is 2.76 bits per heavy atom. The maximum absolute atomic E-state index is 10.3. The summed E-state index contributed by atoms with van der Waals surface area (Å²) in [6, 6.07) is 4.21. The second-order valence-corrected chi connectivity index (χ2v) is 7.13.